The number of pyridine rings is 1. The summed E-state index contributed by atoms with van der Waals surface area (Å²) in [7, 11) is 1.82. The van der Waals surface area contributed by atoms with E-state index >= 15 is 0 Å². The zero-order valence-electron chi connectivity index (χ0n) is 12.8. The van der Waals surface area contributed by atoms with Crippen molar-refractivity contribution in [3.8, 4) is 0 Å². The van der Waals surface area contributed by atoms with E-state index in [1.54, 1.807) is 11.0 Å². The second-order valence-electron chi connectivity index (χ2n) is 6.09. The summed E-state index contributed by atoms with van der Waals surface area (Å²) in [5, 5.41) is 0. The van der Waals surface area contributed by atoms with E-state index < -0.39 is 0 Å². The van der Waals surface area contributed by atoms with Crippen LogP contribution in [0.15, 0.2) is 12.1 Å². The lowest BCUT2D eigenvalue weighted by molar-refractivity contribution is 0.0740. The number of amides is 1. The SMILES string of the molecule is CCC(C)N(C)C(=O)c1cc(N)nc(C(C)(C)C)c1. The van der Waals surface area contributed by atoms with Gasteiger partial charge in [0.2, 0.25) is 0 Å². The number of nitrogens with zero attached hydrogens (tertiary/aromatic N) is 2. The van der Waals surface area contributed by atoms with Crippen LogP contribution in [0.3, 0.4) is 0 Å². The third kappa shape index (κ3) is 3.69. The van der Waals surface area contributed by atoms with Gasteiger partial charge in [-0.1, -0.05) is 27.7 Å². The number of aromatic nitrogens is 1. The summed E-state index contributed by atoms with van der Waals surface area (Å²) in [5.41, 5.74) is 7.15. The van der Waals surface area contributed by atoms with Crippen LogP contribution in [-0.2, 0) is 5.41 Å². The van der Waals surface area contributed by atoms with E-state index in [0.29, 0.717) is 11.4 Å². The average molecular weight is 263 g/mol. The van der Waals surface area contributed by atoms with Gasteiger partial charge in [0.15, 0.2) is 0 Å². The molecule has 19 heavy (non-hydrogen) atoms. The molecule has 0 aliphatic heterocycles. The van der Waals surface area contributed by atoms with Crippen LogP contribution in [0.1, 0.15) is 57.1 Å². The second-order valence-corrected chi connectivity index (χ2v) is 6.09. The maximum atomic E-state index is 12.4. The molecule has 1 unspecified atom stereocenters. The Morgan fingerprint density at radius 2 is 2.00 bits per heavy atom. The van der Waals surface area contributed by atoms with Crippen LogP contribution in [0, 0.1) is 0 Å². The first-order valence-electron chi connectivity index (χ1n) is 6.72. The van der Waals surface area contributed by atoms with Crippen LogP contribution in [-0.4, -0.2) is 28.9 Å². The normalized spacial score (nSPS) is 13.2. The first-order chi connectivity index (χ1) is 8.66. The Morgan fingerprint density at radius 3 is 2.47 bits per heavy atom. The second kappa shape index (κ2) is 5.59. The van der Waals surface area contributed by atoms with Gasteiger partial charge in [-0.25, -0.2) is 4.98 Å². The zero-order chi connectivity index (χ0) is 14.8. The summed E-state index contributed by atoms with van der Waals surface area (Å²) in [6, 6.07) is 3.70. The lowest BCUT2D eigenvalue weighted by atomic mass is 9.90. The van der Waals surface area contributed by atoms with Crippen molar-refractivity contribution in [3.63, 3.8) is 0 Å². The molecule has 1 aromatic rings. The van der Waals surface area contributed by atoms with E-state index in [4.69, 9.17) is 5.73 Å². The van der Waals surface area contributed by atoms with Crippen molar-refractivity contribution in [2.24, 2.45) is 0 Å². The maximum Gasteiger partial charge on any atom is 0.254 e. The largest absolute Gasteiger partial charge is 0.384 e. The Kier molecular flexibility index (Phi) is 4.56. The number of hydrogen-bond acceptors (Lipinski definition) is 3. The number of carbonyl (C=O) groups is 1. The number of nitrogen functional groups attached to an aromatic ring is 1. The number of carbonyl (C=O) groups excluding carboxylic acids is 1. The molecule has 2 N–H and O–H groups in total. The van der Waals surface area contributed by atoms with Gasteiger partial charge in [-0.15, -0.1) is 0 Å². The van der Waals surface area contributed by atoms with E-state index in [1.807, 2.05) is 20.0 Å². The molecule has 1 aromatic heterocycles. The molecule has 4 nitrogen and oxygen atoms in total. The van der Waals surface area contributed by atoms with E-state index in [0.717, 1.165) is 12.1 Å². The van der Waals surface area contributed by atoms with E-state index in [-0.39, 0.29) is 17.4 Å². The summed E-state index contributed by atoms with van der Waals surface area (Å²) >= 11 is 0. The molecule has 0 spiro atoms. The average Bonchev–Trinajstić information content (AvgIpc) is 2.34. The molecule has 0 aliphatic rings. The van der Waals surface area contributed by atoms with Gasteiger partial charge in [0.05, 0.1) is 0 Å². The number of anilines is 1. The Labute approximate surface area is 116 Å². The fraction of sp³-hybridized carbons (Fsp3) is 0.600. The van der Waals surface area contributed by atoms with Gasteiger partial charge in [-0.05, 0) is 25.5 Å². The summed E-state index contributed by atoms with van der Waals surface area (Å²) in [6.07, 6.45) is 0.926. The third-order valence-corrected chi connectivity index (χ3v) is 3.43. The van der Waals surface area contributed by atoms with Gasteiger partial charge in [0, 0.05) is 29.8 Å². The molecule has 1 heterocycles. The standard InChI is InChI=1S/C15H25N3O/c1-7-10(2)18(6)14(19)11-8-12(15(3,4)5)17-13(16)9-11/h8-10H,7H2,1-6H3,(H2,16,17). The molecule has 1 amide bonds. The third-order valence-electron chi connectivity index (χ3n) is 3.43. The summed E-state index contributed by atoms with van der Waals surface area (Å²) in [5.74, 6) is 0.391. The molecule has 0 aliphatic carbocycles. The highest BCUT2D eigenvalue weighted by Gasteiger charge is 2.21. The fourth-order valence-corrected chi connectivity index (χ4v) is 1.74. The quantitative estimate of drug-likeness (QED) is 0.912. The molecule has 1 rings (SSSR count). The van der Waals surface area contributed by atoms with Gasteiger partial charge in [0.25, 0.3) is 5.91 Å². The Morgan fingerprint density at radius 1 is 1.42 bits per heavy atom. The van der Waals surface area contributed by atoms with Crippen molar-refractivity contribution in [2.45, 2.75) is 52.5 Å². The van der Waals surface area contributed by atoms with E-state index in [9.17, 15) is 4.79 Å². The molecule has 0 fully saturated rings. The number of hydrogen-bond donors (Lipinski definition) is 1. The highest BCUT2D eigenvalue weighted by Crippen LogP contribution is 2.23. The predicted molar refractivity (Wildman–Crippen MR) is 79.2 cm³/mol. The monoisotopic (exact) mass is 263 g/mol. The van der Waals surface area contributed by atoms with Crippen molar-refractivity contribution in [2.75, 3.05) is 12.8 Å². The first-order valence-corrected chi connectivity index (χ1v) is 6.72. The van der Waals surface area contributed by atoms with Crippen molar-refractivity contribution in [1.29, 1.82) is 0 Å². The Hall–Kier alpha value is -1.58. The number of rotatable bonds is 3. The molecule has 1 atom stereocenters. The van der Waals surface area contributed by atoms with Crippen LogP contribution in [0.4, 0.5) is 5.82 Å². The van der Waals surface area contributed by atoms with Crippen LogP contribution < -0.4 is 5.73 Å². The molecular weight excluding hydrogens is 238 g/mol. The molecule has 0 bridgehead atoms. The molecule has 0 radical (unpaired) electrons. The fourth-order valence-electron chi connectivity index (χ4n) is 1.74. The van der Waals surface area contributed by atoms with Gasteiger partial charge in [-0.2, -0.15) is 0 Å². The highest BCUT2D eigenvalue weighted by atomic mass is 16.2. The van der Waals surface area contributed by atoms with Gasteiger partial charge in [0.1, 0.15) is 5.82 Å². The van der Waals surface area contributed by atoms with Gasteiger partial charge >= 0.3 is 0 Å². The van der Waals surface area contributed by atoms with E-state index in [2.05, 4.69) is 32.7 Å². The zero-order valence-corrected chi connectivity index (χ0v) is 12.8. The van der Waals surface area contributed by atoms with E-state index in [1.165, 1.54) is 0 Å². The molecule has 106 valence electrons. The summed E-state index contributed by atoms with van der Waals surface area (Å²) < 4.78 is 0. The van der Waals surface area contributed by atoms with Crippen molar-refractivity contribution >= 4 is 11.7 Å². The minimum Gasteiger partial charge on any atom is -0.384 e. The van der Waals surface area contributed by atoms with Crippen molar-refractivity contribution in [3.05, 3.63) is 23.4 Å². The minimum atomic E-state index is -0.126. The topological polar surface area (TPSA) is 59.2 Å². The molecule has 4 heteroatoms. The van der Waals surface area contributed by atoms with Crippen molar-refractivity contribution in [1.82, 2.24) is 9.88 Å². The molecule has 0 saturated carbocycles. The lowest BCUT2D eigenvalue weighted by Crippen LogP contribution is -2.35. The maximum absolute atomic E-state index is 12.4. The number of nitrogens with two attached hydrogens (primary N) is 1. The van der Waals surface area contributed by atoms with Crippen LogP contribution in [0.25, 0.3) is 0 Å². The Balaban J connectivity index is 3.14. The lowest BCUT2D eigenvalue weighted by Gasteiger charge is -2.25. The summed E-state index contributed by atoms with van der Waals surface area (Å²) in [6.45, 7) is 10.3. The summed E-state index contributed by atoms with van der Waals surface area (Å²) in [4.78, 5) is 18.5. The molecule has 0 aromatic carbocycles. The van der Waals surface area contributed by atoms with Crippen LogP contribution in [0.2, 0.25) is 0 Å². The highest BCUT2D eigenvalue weighted by molar-refractivity contribution is 5.95. The minimum absolute atomic E-state index is 0.00560. The van der Waals surface area contributed by atoms with Crippen LogP contribution in [0.5, 0.6) is 0 Å². The van der Waals surface area contributed by atoms with Gasteiger partial charge < -0.3 is 10.6 Å². The Bertz CT molecular complexity index is 463. The molecular formula is C15H25N3O. The first kappa shape index (κ1) is 15.5. The van der Waals surface area contributed by atoms with Crippen LogP contribution >= 0.6 is 0 Å². The van der Waals surface area contributed by atoms with Gasteiger partial charge in [-0.3, -0.25) is 4.79 Å². The predicted octanol–water partition coefficient (Wildman–Crippen LogP) is 2.83. The smallest absolute Gasteiger partial charge is 0.254 e. The van der Waals surface area contributed by atoms with Crippen molar-refractivity contribution < 1.29 is 4.79 Å². The molecule has 0 saturated heterocycles.